The predicted octanol–water partition coefficient (Wildman–Crippen LogP) is 3.93. The first kappa shape index (κ1) is 22.3. The molecule has 2 atom stereocenters. The minimum atomic E-state index is -1.36. The van der Waals surface area contributed by atoms with Gasteiger partial charge < -0.3 is 9.47 Å². The van der Waals surface area contributed by atoms with E-state index in [0.29, 0.717) is 18.1 Å². The molecule has 0 aromatic heterocycles. The molecule has 152 valence electrons. The Hall–Kier alpha value is -2.02. The normalized spacial score (nSPS) is 13.1. The number of esters is 1. The van der Waals surface area contributed by atoms with E-state index in [2.05, 4.69) is 4.72 Å². The average molecular weight is 404 g/mol. The smallest absolute Gasteiger partial charge is 0.307 e. The van der Waals surface area contributed by atoms with Gasteiger partial charge >= 0.3 is 5.97 Å². The Morgan fingerprint density at radius 1 is 1.07 bits per heavy atom. The van der Waals surface area contributed by atoms with E-state index in [1.165, 1.54) is 7.11 Å². The zero-order valence-corrected chi connectivity index (χ0v) is 17.4. The SMILES string of the molecule is COC(=O)C[C@H](CCCCOCc1ccccc1)N[S@@](=O)c1ccc(C)cc1. The summed E-state index contributed by atoms with van der Waals surface area (Å²) in [6.45, 7) is 3.24. The summed E-state index contributed by atoms with van der Waals surface area (Å²) in [4.78, 5) is 12.4. The number of hydrogen-bond donors (Lipinski definition) is 1. The van der Waals surface area contributed by atoms with E-state index >= 15 is 0 Å². The third kappa shape index (κ3) is 8.33. The van der Waals surface area contributed by atoms with Crippen LogP contribution in [-0.4, -0.2) is 29.9 Å². The van der Waals surface area contributed by atoms with Gasteiger partial charge in [0.1, 0.15) is 11.0 Å². The molecule has 0 unspecified atom stereocenters. The van der Waals surface area contributed by atoms with Crippen molar-refractivity contribution in [2.45, 2.75) is 50.2 Å². The number of aryl methyl sites for hydroxylation is 1. The Kier molecular flexibility index (Phi) is 9.90. The second kappa shape index (κ2) is 12.4. The van der Waals surface area contributed by atoms with Gasteiger partial charge in [-0.3, -0.25) is 4.79 Å². The molecule has 28 heavy (non-hydrogen) atoms. The number of methoxy groups -OCH3 is 1. The molecule has 0 radical (unpaired) electrons. The van der Waals surface area contributed by atoms with E-state index < -0.39 is 11.0 Å². The van der Waals surface area contributed by atoms with Crippen molar-refractivity contribution in [3.05, 3.63) is 65.7 Å². The van der Waals surface area contributed by atoms with Crippen LogP contribution >= 0.6 is 0 Å². The summed E-state index contributed by atoms with van der Waals surface area (Å²) in [7, 11) is 0.00587. The van der Waals surface area contributed by atoms with Gasteiger partial charge in [0.2, 0.25) is 0 Å². The number of nitrogens with one attached hydrogen (secondary N) is 1. The summed E-state index contributed by atoms with van der Waals surface area (Å²) in [5.74, 6) is -0.307. The number of benzene rings is 2. The standard InChI is InChI=1S/C22H29NO4S/c1-18-11-13-21(14-12-18)28(25)23-20(16-22(24)26-2)10-6-7-15-27-17-19-8-4-3-5-9-19/h3-5,8-9,11-14,20,23H,6-7,10,15-17H2,1-2H3/t20-,28-/m0/s1. The molecule has 2 aromatic rings. The van der Waals surface area contributed by atoms with Crippen LogP contribution in [0, 0.1) is 6.92 Å². The van der Waals surface area contributed by atoms with Crippen LogP contribution in [0.25, 0.3) is 0 Å². The summed E-state index contributed by atoms with van der Waals surface area (Å²) >= 11 is 0. The highest BCUT2D eigenvalue weighted by Gasteiger charge is 2.17. The van der Waals surface area contributed by atoms with Crippen molar-refractivity contribution >= 4 is 17.0 Å². The topological polar surface area (TPSA) is 64.6 Å². The zero-order valence-electron chi connectivity index (χ0n) is 16.6. The Labute approximate surface area is 170 Å². The van der Waals surface area contributed by atoms with Crippen molar-refractivity contribution in [3.8, 4) is 0 Å². The minimum absolute atomic E-state index is 0.193. The molecule has 0 spiro atoms. The Bertz CT molecular complexity index is 734. The highest BCUT2D eigenvalue weighted by Crippen LogP contribution is 2.12. The van der Waals surface area contributed by atoms with Gasteiger partial charge in [-0.25, -0.2) is 8.93 Å². The molecule has 1 N–H and O–H groups in total. The van der Waals surface area contributed by atoms with Crippen LogP contribution in [0.1, 0.15) is 36.8 Å². The molecule has 0 saturated carbocycles. The quantitative estimate of drug-likeness (QED) is 0.431. The van der Waals surface area contributed by atoms with E-state index in [-0.39, 0.29) is 18.4 Å². The molecule has 0 amide bonds. The number of ether oxygens (including phenoxy) is 2. The molecule has 0 bridgehead atoms. The summed E-state index contributed by atoms with van der Waals surface area (Å²) in [5.41, 5.74) is 2.27. The molecular weight excluding hydrogens is 374 g/mol. The molecule has 5 nitrogen and oxygen atoms in total. The first-order chi connectivity index (χ1) is 13.6. The van der Waals surface area contributed by atoms with Gasteiger partial charge in [0.05, 0.1) is 25.0 Å². The van der Waals surface area contributed by atoms with E-state index in [4.69, 9.17) is 9.47 Å². The van der Waals surface area contributed by atoms with Gasteiger partial charge in [-0.15, -0.1) is 0 Å². The summed E-state index contributed by atoms with van der Waals surface area (Å²) in [6.07, 6.45) is 2.66. The van der Waals surface area contributed by atoms with Gasteiger partial charge in [-0.05, 0) is 43.9 Å². The first-order valence-electron chi connectivity index (χ1n) is 9.51. The van der Waals surface area contributed by atoms with Crippen LogP contribution in [0.5, 0.6) is 0 Å². The van der Waals surface area contributed by atoms with Crippen LogP contribution in [0.3, 0.4) is 0 Å². The third-order valence-electron chi connectivity index (χ3n) is 4.35. The van der Waals surface area contributed by atoms with E-state index in [1.807, 2.05) is 61.5 Å². The second-order valence-electron chi connectivity index (χ2n) is 6.71. The number of rotatable bonds is 12. The summed E-state index contributed by atoms with van der Waals surface area (Å²) < 4.78 is 26.1. The maximum Gasteiger partial charge on any atom is 0.307 e. The first-order valence-corrected chi connectivity index (χ1v) is 10.7. The van der Waals surface area contributed by atoms with Gasteiger partial charge in [0.25, 0.3) is 0 Å². The van der Waals surface area contributed by atoms with Crippen LogP contribution in [0.15, 0.2) is 59.5 Å². The zero-order chi connectivity index (χ0) is 20.2. The maximum absolute atomic E-state index is 12.6. The fourth-order valence-electron chi connectivity index (χ4n) is 2.73. The summed E-state index contributed by atoms with van der Waals surface area (Å²) in [5, 5.41) is 0. The molecule has 0 aliphatic heterocycles. The lowest BCUT2D eigenvalue weighted by Gasteiger charge is -2.17. The van der Waals surface area contributed by atoms with Crippen molar-refractivity contribution in [3.63, 3.8) is 0 Å². The maximum atomic E-state index is 12.6. The molecule has 0 saturated heterocycles. The second-order valence-corrected chi connectivity index (χ2v) is 7.96. The molecule has 0 aliphatic carbocycles. The molecule has 2 aromatic carbocycles. The molecule has 2 rings (SSSR count). The highest BCUT2D eigenvalue weighted by molar-refractivity contribution is 7.83. The monoisotopic (exact) mass is 403 g/mol. The molecule has 6 heteroatoms. The molecule has 0 fully saturated rings. The average Bonchev–Trinajstić information content (AvgIpc) is 2.71. The van der Waals surface area contributed by atoms with Crippen LogP contribution in [-0.2, 0) is 31.9 Å². The number of carbonyl (C=O) groups excluding carboxylic acids is 1. The number of hydrogen-bond acceptors (Lipinski definition) is 4. The third-order valence-corrected chi connectivity index (χ3v) is 5.60. The van der Waals surface area contributed by atoms with Gasteiger partial charge in [-0.1, -0.05) is 48.0 Å². The lowest BCUT2D eigenvalue weighted by atomic mass is 10.1. The van der Waals surface area contributed by atoms with Crippen LogP contribution in [0.4, 0.5) is 0 Å². The molecular formula is C22H29NO4S. The largest absolute Gasteiger partial charge is 0.469 e. The predicted molar refractivity (Wildman–Crippen MR) is 111 cm³/mol. The van der Waals surface area contributed by atoms with Crippen molar-refractivity contribution < 1.29 is 18.5 Å². The summed E-state index contributed by atoms with van der Waals surface area (Å²) in [6, 6.07) is 17.4. The fraction of sp³-hybridized carbons (Fsp3) is 0.409. The van der Waals surface area contributed by atoms with Gasteiger partial charge in [0.15, 0.2) is 0 Å². The fourth-order valence-corrected chi connectivity index (χ4v) is 3.75. The van der Waals surface area contributed by atoms with E-state index in [0.717, 1.165) is 30.4 Å². The van der Waals surface area contributed by atoms with E-state index in [1.54, 1.807) is 0 Å². The lowest BCUT2D eigenvalue weighted by molar-refractivity contribution is -0.141. The van der Waals surface area contributed by atoms with Crippen molar-refractivity contribution in [2.75, 3.05) is 13.7 Å². The number of carbonyl (C=O) groups is 1. The van der Waals surface area contributed by atoms with Gasteiger partial charge in [-0.2, -0.15) is 0 Å². The van der Waals surface area contributed by atoms with Gasteiger partial charge in [0, 0.05) is 12.6 Å². The van der Waals surface area contributed by atoms with Crippen LogP contribution < -0.4 is 4.72 Å². The van der Waals surface area contributed by atoms with Crippen LogP contribution in [0.2, 0.25) is 0 Å². The Morgan fingerprint density at radius 3 is 2.46 bits per heavy atom. The van der Waals surface area contributed by atoms with Crippen molar-refractivity contribution in [1.82, 2.24) is 4.72 Å². The number of unbranched alkanes of at least 4 members (excludes halogenated alkanes) is 1. The van der Waals surface area contributed by atoms with E-state index in [9.17, 15) is 9.00 Å². The Morgan fingerprint density at radius 2 is 1.79 bits per heavy atom. The highest BCUT2D eigenvalue weighted by atomic mass is 32.2. The molecule has 0 aliphatic rings. The van der Waals surface area contributed by atoms with Crippen molar-refractivity contribution in [1.29, 1.82) is 0 Å². The van der Waals surface area contributed by atoms with Crippen molar-refractivity contribution in [2.24, 2.45) is 0 Å². The Balaban J connectivity index is 1.75. The lowest BCUT2D eigenvalue weighted by Crippen LogP contribution is -2.33. The minimum Gasteiger partial charge on any atom is -0.469 e. The molecule has 0 heterocycles.